The van der Waals surface area contributed by atoms with E-state index in [-0.39, 0.29) is 17.8 Å². The summed E-state index contributed by atoms with van der Waals surface area (Å²) in [4.78, 5) is 0. The highest BCUT2D eigenvalue weighted by Gasteiger charge is 2.34. The van der Waals surface area contributed by atoms with Crippen molar-refractivity contribution in [3.05, 3.63) is 0 Å². The molecule has 4 heteroatoms. The van der Waals surface area contributed by atoms with E-state index in [2.05, 4.69) is 13.8 Å². The molecule has 0 amide bonds. The normalized spacial score (nSPS) is 23.6. The molecule has 2 atom stereocenters. The Hall–Kier alpha value is -0.160. The van der Waals surface area contributed by atoms with Crippen molar-refractivity contribution in [1.82, 2.24) is 0 Å². The quantitative estimate of drug-likeness (QED) is 0.714. The first kappa shape index (κ1) is 14.9. The van der Waals surface area contributed by atoms with E-state index in [1.165, 1.54) is 6.42 Å². The first-order valence-electron chi connectivity index (χ1n) is 6.83. The van der Waals surface area contributed by atoms with Gasteiger partial charge in [0.15, 0.2) is 6.29 Å². The summed E-state index contributed by atoms with van der Waals surface area (Å²) in [6.45, 7) is 6.19. The zero-order valence-electron chi connectivity index (χ0n) is 11.3. The Balaban J connectivity index is 2.57. The molecule has 0 saturated carbocycles. The minimum absolute atomic E-state index is 0.0577. The molecule has 1 aliphatic heterocycles. The van der Waals surface area contributed by atoms with E-state index in [9.17, 15) is 0 Å². The first-order chi connectivity index (χ1) is 8.16. The van der Waals surface area contributed by atoms with Gasteiger partial charge < -0.3 is 20.9 Å². The lowest BCUT2D eigenvalue weighted by Gasteiger charge is -2.38. The summed E-state index contributed by atoms with van der Waals surface area (Å²) >= 11 is 0. The molecule has 0 radical (unpaired) electrons. The Labute approximate surface area is 105 Å². The van der Waals surface area contributed by atoms with Gasteiger partial charge in [-0.2, -0.15) is 0 Å². The second-order valence-corrected chi connectivity index (χ2v) is 5.27. The van der Waals surface area contributed by atoms with Gasteiger partial charge in [-0.15, -0.1) is 0 Å². The SMILES string of the molecule is CCCC(OC1CCCCO1)C(C)(CN)CN. The van der Waals surface area contributed by atoms with Crippen LogP contribution >= 0.6 is 0 Å². The summed E-state index contributed by atoms with van der Waals surface area (Å²) in [5, 5.41) is 0. The van der Waals surface area contributed by atoms with E-state index in [1.54, 1.807) is 0 Å². The van der Waals surface area contributed by atoms with Gasteiger partial charge in [-0.25, -0.2) is 0 Å². The fourth-order valence-corrected chi connectivity index (χ4v) is 2.19. The van der Waals surface area contributed by atoms with E-state index < -0.39 is 0 Å². The van der Waals surface area contributed by atoms with Gasteiger partial charge in [-0.1, -0.05) is 20.3 Å². The van der Waals surface area contributed by atoms with E-state index in [0.29, 0.717) is 13.1 Å². The van der Waals surface area contributed by atoms with Crippen LogP contribution in [-0.2, 0) is 9.47 Å². The molecule has 4 nitrogen and oxygen atoms in total. The summed E-state index contributed by atoms with van der Waals surface area (Å²) in [5.41, 5.74) is 11.6. The topological polar surface area (TPSA) is 70.5 Å². The maximum absolute atomic E-state index is 6.10. The van der Waals surface area contributed by atoms with Crippen LogP contribution in [0.15, 0.2) is 0 Å². The number of hydrogen-bond donors (Lipinski definition) is 2. The monoisotopic (exact) mass is 244 g/mol. The van der Waals surface area contributed by atoms with Crippen molar-refractivity contribution >= 4 is 0 Å². The Morgan fingerprint density at radius 2 is 2.06 bits per heavy atom. The standard InChI is InChI=1S/C13H28N2O2/c1-3-6-11(13(2,9-14)10-15)17-12-7-4-5-8-16-12/h11-12H,3-10,14-15H2,1-2H3. The van der Waals surface area contributed by atoms with Crippen molar-refractivity contribution in [3.63, 3.8) is 0 Å². The van der Waals surface area contributed by atoms with E-state index in [4.69, 9.17) is 20.9 Å². The second-order valence-electron chi connectivity index (χ2n) is 5.27. The van der Waals surface area contributed by atoms with Crippen LogP contribution in [0.3, 0.4) is 0 Å². The van der Waals surface area contributed by atoms with Gasteiger partial charge in [-0.3, -0.25) is 0 Å². The summed E-state index contributed by atoms with van der Waals surface area (Å²) in [6.07, 6.45) is 5.43. The Kier molecular flexibility index (Phi) is 6.41. The molecule has 2 unspecified atom stereocenters. The van der Waals surface area contributed by atoms with Crippen LogP contribution in [0, 0.1) is 5.41 Å². The molecule has 0 spiro atoms. The molecule has 1 saturated heterocycles. The molecule has 0 aromatic rings. The minimum Gasteiger partial charge on any atom is -0.353 e. The summed E-state index contributed by atoms with van der Waals surface area (Å²) in [5.74, 6) is 0. The predicted octanol–water partition coefficient (Wildman–Crippen LogP) is 1.62. The van der Waals surface area contributed by atoms with Crippen LogP contribution in [0.25, 0.3) is 0 Å². The third-order valence-electron chi connectivity index (χ3n) is 3.71. The molecule has 4 N–H and O–H groups in total. The van der Waals surface area contributed by atoms with E-state index >= 15 is 0 Å². The lowest BCUT2D eigenvalue weighted by atomic mass is 9.82. The summed E-state index contributed by atoms with van der Waals surface area (Å²) < 4.78 is 11.7. The van der Waals surface area contributed by atoms with E-state index in [0.717, 1.165) is 32.3 Å². The maximum Gasteiger partial charge on any atom is 0.157 e. The zero-order valence-corrected chi connectivity index (χ0v) is 11.3. The molecule has 0 bridgehead atoms. The average molecular weight is 244 g/mol. The Morgan fingerprint density at radius 1 is 1.35 bits per heavy atom. The maximum atomic E-state index is 6.10. The fourth-order valence-electron chi connectivity index (χ4n) is 2.19. The number of ether oxygens (including phenoxy) is 2. The van der Waals surface area contributed by atoms with Crippen LogP contribution in [0.2, 0.25) is 0 Å². The number of rotatable bonds is 7. The Morgan fingerprint density at radius 3 is 2.53 bits per heavy atom. The van der Waals surface area contributed by atoms with Gasteiger partial charge in [-0.05, 0) is 25.7 Å². The molecule has 0 aliphatic carbocycles. The van der Waals surface area contributed by atoms with E-state index in [1.807, 2.05) is 0 Å². The first-order valence-corrected chi connectivity index (χ1v) is 6.83. The highest BCUT2D eigenvalue weighted by atomic mass is 16.7. The van der Waals surface area contributed by atoms with Crippen LogP contribution in [0.5, 0.6) is 0 Å². The van der Waals surface area contributed by atoms with Crippen LogP contribution in [0.4, 0.5) is 0 Å². The smallest absolute Gasteiger partial charge is 0.157 e. The molecule has 0 aromatic carbocycles. The van der Waals surface area contributed by atoms with Gasteiger partial charge in [0.1, 0.15) is 0 Å². The number of nitrogens with two attached hydrogens (primary N) is 2. The molecular formula is C13H28N2O2. The molecule has 102 valence electrons. The third-order valence-corrected chi connectivity index (χ3v) is 3.71. The largest absolute Gasteiger partial charge is 0.353 e. The minimum atomic E-state index is -0.142. The predicted molar refractivity (Wildman–Crippen MR) is 69.6 cm³/mol. The van der Waals surface area contributed by atoms with Crippen LogP contribution < -0.4 is 11.5 Å². The van der Waals surface area contributed by atoms with Gasteiger partial charge >= 0.3 is 0 Å². The highest BCUT2D eigenvalue weighted by Crippen LogP contribution is 2.28. The molecule has 0 aromatic heterocycles. The number of hydrogen-bond acceptors (Lipinski definition) is 4. The Bertz CT molecular complexity index is 202. The lowest BCUT2D eigenvalue weighted by Crippen LogP contribution is -2.48. The van der Waals surface area contributed by atoms with Crippen LogP contribution in [0.1, 0.15) is 46.0 Å². The van der Waals surface area contributed by atoms with Gasteiger partial charge in [0.25, 0.3) is 0 Å². The molecule has 17 heavy (non-hydrogen) atoms. The van der Waals surface area contributed by atoms with Gasteiger partial charge in [0.2, 0.25) is 0 Å². The van der Waals surface area contributed by atoms with Crippen molar-refractivity contribution in [2.75, 3.05) is 19.7 Å². The molecule has 1 fully saturated rings. The van der Waals surface area contributed by atoms with Crippen molar-refractivity contribution in [2.45, 2.75) is 58.3 Å². The van der Waals surface area contributed by atoms with Gasteiger partial charge in [0.05, 0.1) is 6.10 Å². The second kappa shape index (κ2) is 7.31. The lowest BCUT2D eigenvalue weighted by molar-refractivity contribution is -0.210. The summed E-state index contributed by atoms with van der Waals surface area (Å²) in [6, 6.07) is 0. The highest BCUT2D eigenvalue weighted by molar-refractivity contribution is 4.85. The van der Waals surface area contributed by atoms with Crippen molar-refractivity contribution < 1.29 is 9.47 Å². The van der Waals surface area contributed by atoms with Crippen molar-refractivity contribution in [1.29, 1.82) is 0 Å². The van der Waals surface area contributed by atoms with Crippen LogP contribution in [-0.4, -0.2) is 32.1 Å². The van der Waals surface area contributed by atoms with Crippen molar-refractivity contribution in [3.8, 4) is 0 Å². The molecule has 1 aliphatic rings. The molecular weight excluding hydrogens is 216 g/mol. The molecule has 1 rings (SSSR count). The third kappa shape index (κ3) is 4.21. The van der Waals surface area contributed by atoms with Gasteiger partial charge in [0, 0.05) is 25.1 Å². The summed E-state index contributed by atoms with van der Waals surface area (Å²) in [7, 11) is 0. The molecule has 1 heterocycles. The van der Waals surface area contributed by atoms with Crippen molar-refractivity contribution in [2.24, 2.45) is 16.9 Å². The average Bonchev–Trinajstić information content (AvgIpc) is 2.38. The fraction of sp³-hybridized carbons (Fsp3) is 1.00. The zero-order chi connectivity index (χ0) is 12.7.